The Bertz CT molecular complexity index is 570. The molecule has 17 heavy (non-hydrogen) atoms. The van der Waals surface area contributed by atoms with E-state index in [0.717, 1.165) is 23.4 Å². The van der Waals surface area contributed by atoms with Gasteiger partial charge in [-0.25, -0.2) is 0 Å². The van der Waals surface area contributed by atoms with E-state index in [1.807, 2.05) is 0 Å². The van der Waals surface area contributed by atoms with Crippen LogP contribution in [0.2, 0.25) is 5.02 Å². The monoisotopic (exact) mass is 290 g/mol. The summed E-state index contributed by atoms with van der Waals surface area (Å²) < 4.78 is 26.9. The average Bonchev–Trinajstić information content (AvgIpc) is 2.26. The van der Waals surface area contributed by atoms with Crippen LogP contribution in [-0.4, -0.2) is 20.5 Å². The Kier molecular flexibility index (Phi) is 3.65. The molecule has 0 saturated carbocycles. The topological polar surface area (TPSA) is 58.5 Å². The molecule has 0 atom stereocenters. The second kappa shape index (κ2) is 4.88. The minimum atomic E-state index is -3.57. The van der Waals surface area contributed by atoms with Crippen LogP contribution in [0.5, 0.6) is 0 Å². The molecule has 0 amide bonds. The third-order valence-electron chi connectivity index (χ3n) is 2.19. The van der Waals surface area contributed by atoms with E-state index in [4.69, 9.17) is 11.6 Å². The lowest BCUT2D eigenvalue weighted by atomic mass is 10.3. The lowest BCUT2D eigenvalue weighted by Crippen LogP contribution is -2.11. The molecule has 1 aliphatic rings. The molecule has 0 radical (unpaired) electrons. The van der Waals surface area contributed by atoms with E-state index in [1.54, 1.807) is 23.9 Å². The molecule has 0 fully saturated rings. The number of hydrogen-bond acceptors (Lipinski definition) is 4. The molecule has 92 valence electrons. The number of sulfonamides is 1. The summed E-state index contributed by atoms with van der Waals surface area (Å²) in [6.45, 7) is 2.06. The average molecular weight is 291 g/mol. The normalized spacial score (nSPS) is 16.4. The first-order chi connectivity index (χ1) is 8.04. The molecule has 0 unspecified atom stereocenters. The van der Waals surface area contributed by atoms with E-state index in [2.05, 4.69) is 16.6 Å². The lowest BCUT2D eigenvalue weighted by Gasteiger charge is -2.14. The molecular formula is C10H11ClN2O2S2. The zero-order valence-electron chi connectivity index (χ0n) is 9.10. The fourth-order valence-corrected chi connectivity index (χ4v) is 3.60. The van der Waals surface area contributed by atoms with E-state index in [9.17, 15) is 8.42 Å². The number of nitrogens with zero attached hydrogens (tertiary/aromatic N) is 1. The summed E-state index contributed by atoms with van der Waals surface area (Å²) in [7, 11) is -3.57. The van der Waals surface area contributed by atoms with Gasteiger partial charge in [0, 0.05) is 4.90 Å². The number of thioether (sulfide) groups is 1. The van der Waals surface area contributed by atoms with Gasteiger partial charge in [0.2, 0.25) is 0 Å². The molecule has 2 rings (SSSR count). The van der Waals surface area contributed by atoms with Crippen molar-refractivity contribution in [1.29, 1.82) is 0 Å². The predicted octanol–water partition coefficient (Wildman–Crippen LogP) is 2.98. The van der Waals surface area contributed by atoms with Crippen LogP contribution in [-0.2, 0) is 10.0 Å². The fraction of sp³-hybridized carbons (Fsp3) is 0.300. The van der Waals surface area contributed by atoms with Gasteiger partial charge < -0.3 is 5.32 Å². The van der Waals surface area contributed by atoms with Gasteiger partial charge in [-0.1, -0.05) is 18.5 Å². The maximum atomic E-state index is 11.7. The van der Waals surface area contributed by atoms with Gasteiger partial charge in [-0.05, 0) is 24.3 Å². The largest absolute Gasteiger partial charge is 0.344 e. The smallest absolute Gasteiger partial charge is 0.285 e. The molecule has 0 aliphatic carbocycles. The van der Waals surface area contributed by atoms with Crippen LogP contribution >= 0.6 is 23.4 Å². The number of hydrogen-bond donors (Lipinski definition) is 1. The highest BCUT2D eigenvalue weighted by molar-refractivity contribution is 7.99. The summed E-state index contributed by atoms with van der Waals surface area (Å²) in [6, 6.07) is 3.20. The van der Waals surface area contributed by atoms with Crippen LogP contribution < -0.4 is 5.32 Å². The highest BCUT2D eigenvalue weighted by Crippen LogP contribution is 2.36. The highest BCUT2D eigenvalue weighted by Gasteiger charge is 2.22. The molecular weight excluding hydrogens is 280 g/mol. The second-order valence-electron chi connectivity index (χ2n) is 3.48. The number of rotatable bonds is 3. The van der Waals surface area contributed by atoms with Crippen LogP contribution in [0.15, 0.2) is 26.3 Å². The van der Waals surface area contributed by atoms with Crippen LogP contribution in [0.1, 0.15) is 13.3 Å². The Balaban J connectivity index is 2.48. The summed E-state index contributed by atoms with van der Waals surface area (Å²) in [4.78, 5) is 0.956. The van der Waals surface area contributed by atoms with E-state index in [0.29, 0.717) is 10.7 Å². The first kappa shape index (κ1) is 12.7. The van der Waals surface area contributed by atoms with Gasteiger partial charge in [0.1, 0.15) is 11.2 Å². The molecule has 1 aliphatic heterocycles. The molecule has 1 N–H and O–H groups in total. The maximum Gasteiger partial charge on any atom is 0.285 e. The van der Waals surface area contributed by atoms with Crippen molar-refractivity contribution in [2.75, 3.05) is 11.1 Å². The van der Waals surface area contributed by atoms with Crippen LogP contribution in [0.3, 0.4) is 0 Å². The van der Waals surface area contributed by atoms with Crippen molar-refractivity contribution in [2.45, 2.75) is 23.1 Å². The third kappa shape index (κ3) is 2.59. The summed E-state index contributed by atoms with van der Waals surface area (Å²) in [5.74, 6) is 0.898. The van der Waals surface area contributed by atoms with Gasteiger partial charge in [-0.2, -0.15) is 8.42 Å². The molecule has 1 aromatic rings. The standard InChI is InChI=1S/C10H11ClN2O2S2/c1-2-3-16-9-5-10-8(4-7(9)11)12-6-13-17(10,14)15/h4-6H,2-3H2,1H3,(H,12,13). The molecule has 4 nitrogen and oxygen atoms in total. The molecule has 1 aromatic carbocycles. The highest BCUT2D eigenvalue weighted by atomic mass is 35.5. The van der Waals surface area contributed by atoms with E-state index in [1.165, 1.54) is 0 Å². The van der Waals surface area contributed by atoms with Crippen LogP contribution in [0.4, 0.5) is 5.69 Å². The van der Waals surface area contributed by atoms with Crippen molar-refractivity contribution in [3.8, 4) is 0 Å². The van der Waals surface area contributed by atoms with Crippen molar-refractivity contribution in [1.82, 2.24) is 0 Å². The van der Waals surface area contributed by atoms with Gasteiger partial charge >= 0.3 is 0 Å². The first-order valence-corrected chi connectivity index (χ1v) is 7.86. The van der Waals surface area contributed by atoms with Gasteiger partial charge in [0.25, 0.3) is 10.0 Å². The molecule has 0 bridgehead atoms. The van der Waals surface area contributed by atoms with Crippen molar-refractivity contribution in [3.63, 3.8) is 0 Å². The van der Waals surface area contributed by atoms with E-state index < -0.39 is 10.0 Å². The lowest BCUT2D eigenvalue weighted by molar-refractivity contribution is 0.598. The summed E-state index contributed by atoms with van der Waals surface area (Å²) in [5, 5.41) is 3.33. The number of fused-ring (bicyclic) bond motifs is 1. The Labute approximate surface area is 110 Å². The molecule has 0 aromatic heterocycles. The quantitative estimate of drug-likeness (QED) is 0.870. The minimum absolute atomic E-state index is 0.183. The van der Waals surface area contributed by atoms with Crippen molar-refractivity contribution >= 4 is 45.4 Å². The van der Waals surface area contributed by atoms with E-state index in [-0.39, 0.29) is 4.90 Å². The van der Waals surface area contributed by atoms with Crippen molar-refractivity contribution in [3.05, 3.63) is 17.2 Å². The van der Waals surface area contributed by atoms with Crippen molar-refractivity contribution in [2.24, 2.45) is 4.40 Å². The Morgan fingerprint density at radius 1 is 1.47 bits per heavy atom. The zero-order valence-corrected chi connectivity index (χ0v) is 11.5. The zero-order chi connectivity index (χ0) is 12.5. The molecule has 1 heterocycles. The maximum absolute atomic E-state index is 11.7. The van der Waals surface area contributed by atoms with Gasteiger partial charge in [-0.3, -0.25) is 0 Å². The van der Waals surface area contributed by atoms with Gasteiger partial charge in [0.15, 0.2) is 0 Å². The Morgan fingerprint density at radius 2 is 2.24 bits per heavy atom. The fourth-order valence-electron chi connectivity index (χ4n) is 1.41. The summed E-state index contributed by atoms with van der Waals surface area (Å²) in [6.07, 6.45) is 2.16. The van der Waals surface area contributed by atoms with Crippen LogP contribution in [0.25, 0.3) is 0 Å². The van der Waals surface area contributed by atoms with Crippen LogP contribution in [0, 0.1) is 0 Å². The van der Waals surface area contributed by atoms with Gasteiger partial charge in [0.05, 0.1) is 10.7 Å². The number of benzene rings is 1. The summed E-state index contributed by atoms with van der Waals surface area (Å²) in [5.41, 5.74) is 0.478. The third-order valence-corrected chi connectivity index (χ3v) is 5.15. The number of halogens is 1. The second-order valence-corrected chi connectivity index (χ2v) is 6.63. The number of anilines is 1. The Hall–Kier alpha value is -0.720. The Morgan fingerprint density at radius 3 is 2.94 bits per heavy atom. The molecule has 0 saturated heterocycles. The SMILES string of the molecule is CCCSc1cc2c(cc1Cl)NC=NS2(=O)=O. The molecule has 0 spiro atoms. The van der Waals surface area contributed by atoms with E-state index >= 15 is 0 Å². The molecule has 7 heteroatoms. The summed E-state index contributed by atoms with van der Waals surface area (Å²) >= 11 is 7.63. The van der Waals surface area contributed by atoms with Gasteiger partial charge in [-0.15, -0.1) is 16.2 Å². The predicted molar refractivity (Wildman–Crippen MR) is 71.8 cm³/mol. The first-order valence-electron chi connectivity index (χ1n) is 5.06. The van der Waals surface area contributed by atoms with Crippen molar-refractivity contribution < 1.29 is 8.42 Å². The minimum Gasteiger partial charge on any atom is -0.344 e. The number of nitrogens with one attached hydrogen (secondary N) is 1.